The third kappa shape index (κ3) is 8.43. The highest BCUT2D eigenvalue weighted by Crippen LogP contribution is 2.18. The molecule has 0 saturated carbocycles. The standard InChI is InChI=1S/C32H38N2O3/c1-5-26-15-17-29(18-16-26)24-34(31(35)20-19-27-13-11-25(2)12-14-27)30(23-28-9-7-6-8-10-28)32(36)33(3)21-22-37-4/h6-20,30H,5,21-24H2,1-4H3. The summed E-state index contributed by atoms with van der Waals surface area (Å²) in [6.45, 7) is 5.37. The van der Waals surface area contributed by atoms with Crippen molar-refractivity contribution < 1.29 is 14.3 Å². The Labute approximate surface area is 221 Å². The van der Waals surface area contributed by atoms with Gasteiger partial charge >= 0.3 is 0 Å². The Kier molecular flexibility index (Phi) is 10.7. The van der Waals surface area contributed by atoms with Crippen LogP contribution in [0.15, 0.2) is 84.9 Å². The van der Waals surface area contributed by atoms with Crippen molar-refractivity contribution in [2.75, 3.05) is 27.3 Å². The molecule has 1 unspecified atom stereocenters. The van der Waals surface area contributed by atoms with Crippen molar-refractivity contribution in [1.82, 2.24) is 9.80 Å². The van der Waals surface area contributed by atoms with E-state index in [0.717, 1.165) is 28.7 Å². The van der Waals surface area contributed by atoms with E-state index in [1.165, 1.54) is 5.56 Å². The minimum Gasteiger partial charge on any atom is -0.383 e. The van der Waals surface area contributed by atoms with Crippen molar-refractivity contribution in [3.8, 4) is 0 Å². The predicted octanol–water partition coefficient (Wildman–Crippen LogP) is 5.32. The fourth-order valence-corrected chi connectivity index (χ4v) is 4.12. The summed E-state index contributed by atoms with van der Waals surface area (Å²) in [4.78, 5) is 30.8. The molecule has 0 radical (unpaired) electrons. The summed E-state index contributed by atoms with van der Waals surface area (Å²) in [7, 11) is 3.38. The molecule has 0 aliphatic carbocycles. The number of amides is 2. The number of carbonyl (C=O) groups excluding carboxylic acids is 2. The van der Waals surface area contributed by atoms with Crippen molar-refractivity contribution in [3.63, 3.8) is 0 Å². The summed E-state index contributed by atoms with van der Waals surface area (Å²) in [5.41, 5.74) is 5.32. The number of methoxy groups -OCH3 is 1. The quantitative estimate of drug-likeness (QED) is 0.318. The van der Waals surface area contributed by atoms with E-state index in [9.17, 15) is 9.59 Å². The zero-order chi connectivity index (χ0) is 26.6. The number of benzene rings is 3. The molecule has 2 amide bonds. The summed E-state index contributed by atoms with van der Waals surface area (Å²) in [6, 6.07) is 25.5. The van der Waals surface area contributed by atoms with Crippen LogP contribution in [0, 0.1) is 6.92 Å². The molecule has 0 saturated heterocycles. The minimum atomic E-state index is -0.662. The van der Waals surface area contributed by atoms with E-state index in [2.05, 4.69) is 19.1 Å². The van der Waals surface area contributed by atoms with Crippen LogP contribution in [0.1, 0.15) is 34.7 Å². The lowest BCUT2D eigenvalue weighted by Crippen LogP contribution is -2.51. The van der Waals surface area contributed by atoms with Gasteiger partial charge in [-0.3, -0.25) is 9.59 Å². The van der Waals surface area contributed by atoms with Gasteiger partial charge in [0.2, 0.25) is 11.8 Å². The smallest absolute Gasteiger partial charge is 0.247 e. The Morgan fingerprint density at radius 3 is 2.16 bits per heavy atom. The first-order valence-corrected chi connectivity index (χ1v) is 12.8. The summed E-state index contributed by atoms with van der Waals surface area (Å²) >= 11 is 0. The summed E-state index contributed by atoms with van der Waals surface area (Å²) < 4.78 is 5.20. The number of likely N-dealkylation sites (N-methyl/N-ethyl adjacent to an activating group) is 1. The SMILES string of the molecule is CCc1ccc(CN(C(=O)C=Cc2ccc(C)cc2)C(Cc2ccccc2)C(=O)N(C)CCOC)cc1. The Bertz CT molecular complexity index is 1150. The molecule has 0 fully saturated rings. The van der Waals surface area contributed by atoms with E-state index in [4.69, 9.17) is 4.74 Å². The van der Waals surface area contributed by atoms with Crippen LogP contribution in [0.2, 0.25) is 0 Å². The summed E-state index contributed by atoms with van der Waals surface area (Å²) in [5.74, 6) is -0.308. The maximum atomic E-state index is 13.8. The minimum absolute atomic E-state index is 0.108. The van der Waals surface area contributed by atoms with Gasteiger partial charge in [0.05, 0.1) is 6.61 Å². The van der Waals surface area contributed by atoms with Crippen LogP contribution in [0.5, 0.6) is 0 Å². The molecular formula is C32H38N2O3. The Morgan fingerprint density at radius 2 is 1.54 bits per heavy atom. The average Bonchev–Trinajstić information content (AvgIpc) is 2.93. The van der Waals surface area contributed by atoms with Crippen LogP contribution in [0.25, 0.3) is 6.08 Å². The van der Waals surface area contributed by atoms with E-state index in [0.29, 0.717) is 26.1 Å². The van der Waals surface area contributed by atoms with Crippen molar-refractivity contribution in [2.45, 2.75) is 39.3 Å². The molecule has 0 aliphatic heterocycles. The number of hydrogen-bond acceptors (Lipinski definition) is 3. The number of carbonyl (C=O) groups is 2. The number of nitrogens with zero attached hydrogens (tertiary/aromatic N) is 2. The van der Waals surface area contributed by atoms with Gasteiger partial charge in [-0.25, -0.2) is 0 Å². The molecule has 37 heavy (non-hydrogen) atoms. The molecule has 3 aromatic rings. The molecule has 0 aliphatic rings. The van der Waals surface area contributed by atoms with Gasteiger partial charge in [-0.05, 0) is 41.7 Å². The topological polar surface area (TPSA) is 49.9 Å². The van der Waals surface area contributed by atoms with Gasteiger partial charge in [-0.15, -0.1) is 0 Å². The molecular weight excluding hydrogens is 460 g/mol. The lowest BCUT2D eigenvalue weighted by molar-refractivity contribution is -0.143. The highest BCUT2D eigenvalue weighted by atomic mass is 16.5. The van der Waals surface area contributed by atoms with Crippen LogP contribution in [-0.2, 0) is 33.7 Å². The summed E-state index contributed by atoms with van der Waals surface area (Å²) in [5, 5.41) is 0. The van der Waals surface area contributed by atoms with Gasteiger partial charge in [0, 0.05) is 39.7 Å². The maximum Gasteiger partial charge on any atom is 0.247 e. The lowest BCUT2D eigenvalue weighted by atomic mass is 10.0. The van der Waals surface area contributed by atoms with Crippen LogP contribution >= 0.6 is 0 Å². The normalized spacial score (nSPS) is 11.9. The zero-order valence-electron chi connectivity index (χ0n) is 22.4. The number of rotatable bonds is 12. The second-order valence-corrected chi connectivity index (χ2v) is 9.34. The van der Waals surface area contributed by atoms with Gasteiger partial charge in [0.15, 0.2) is 0 Å². The van der Waals surface area contributed by atoms with Gasteiger partial charge in [0.1, 0.15) is 6.04 Å². The first-order valence-electron chi connectivity index (χ1n) is 12.8. The maximum absolute atomic E-state index is 13.8. The Hall–Kier alpha value is -3.70. The second kappa shape index (κ2) is 14.1. The van der Waals surface area contributed by atoms with Crippen molar-refractivity contribution >= 4 is 17.9 Å². The molecule has 0 N–H and O–H groups in total. The zero-order valence-corrected chi connectivity index (χ0v) is 22.4. The molecule has 3 aromatic carbocycles. The Balaban J connectivity index is 1.97. The van der Waals surface area contributed by atoms with Crippen molar-refractivity contribution in [1.29, 1.82) is 0 Å². The number of hydrogen-bond donors (Lipinski definition) is 0. The monoisotopic (exact) mass is 498 g/mol. The molecule has 0 aromatic heterocycles. The average molecular weight is 499 g/mol. The second-order valence-electron chi connectivity index (χ2n) is 9.34. The third-order valence-electron chi connectivity index (χ3n) is 6.50. The molecule has 5 heteroatoms. The molecule has 0 spiro atoms. The van der Waals surface area contributed by atoms with E-state index >= 15 is 0 Å². The fraction of sp³-hybridized carbons (Fsp3) is 0.312. The van der Waals surface area contributed by atoms with Crippen LogP contribution < -0.4 is 0 Å². The third-order valence-corrected chi connectivity index (χ3v) is 6.50. The van der Waals surface area contributed by atoms with Crippen LogP contribution in [0.4, 0.5) is 0 Å². The molecule has 1 atom stereocenters. The Morgan fingerprint density at radius 1 is 0.892 bits per heavy atom. The van der Waals surface area contributed by atoms with Crippen LogP contribution in [-0.4, -0.2) is 55.0 Å². The largest absolute Gasteiger partial charge is 0.383 e. The van der Waals surface area contributed by atoms with E-state index in [1.54, 1.807) is 30.0 Å². The van der Waals surface area contributed by atoms with Crippen molar-refractivity contribution in [3.05, 3.63) is 113 Å². The highest BCUT2D eigenvalue weighted by Gasteiger charge is 2.31. The molecule has 194 valence electrons. The van der Waals surface area contributed by atoms with Gasteiger partial charge in [-0.1, -0.05) is 91.3 Å². The van der Waals surface area contributed by atoms with Crippen LogP contribution in [0.3, 0.4) is 0 Å². The van der Waals surface area contributed by atoms with E-state index in [-0.39, 0.29) is 11.8 Å². The summed E-state index contributed by atoms with van der Waals surface area (Å²) in [6.07, 6.45) is 4.76. The molecule has 0 bridgehead atoms. The number of ether oxygens (including phenoxy) is 1. The predicted molar refractivity (Wildman–Crippen MR) is 150 cm³/mol. The molecule has 5 nitrogen and oxygen atoms in total. The fourth-order valence-electron chi connectivity index (χ4n) is 4.12. The molecule has 0 heterocycles. The highest BCUT2D eigenvalue weighted by molar-refractivity contribution is 5.95. The first-order chi connectivity index (χ1) is 17.9. The molecule has 3 rings (SSSR count). The van der Waals surface area contributed by atoms with E-state index < -0.39 is 6.04 Å². The van der Waals surface area contributed by atoms with Gasteiger partial charge in [0.25, 0.3) is 0 Å². The van der Waals surface area contributed by atoms with Gasteiger partial charge in [-0.2, -0.15) is 0 Å². The number of aryl methyl sites for hydroxylation is 2. The van der Waals surface area contributed by atoms with Gasteiger partial charge < -0.3 is 14.5 Å². The first kappa shape index (κ1) is 27.9. The lowest BCUT2D eigenvalue weighted by Gasteiger charge is -2.33. The van der Waals surface area contributed by atoms with Crippen molar-refractivity contribution in [2.24, 2.45) is 0 Å². The van der Waals surface area contributed by atoms with E-state index in [1.807, 2.05) is 79.7 Å².